The quantitative estimate of drug-likeness (QED) is 0.118. The predicted octanol–water partition coefficient (Wildman–Crippen LogP) is 3.28. The lowest BCUT2D eigenvalue weighted by Crippen LogP contribution is -2.30. The average Bonchev–Trinajstić information content (AvgIpc) is 2.79. The molecule has 0 radical (unpaired) electrons. The molecule has 0 saturated heterocycles. The first-order valence-corrected chi connectivity index (χ1v) is 10.2. The number of nitrogens with two attached hydrogens (primary N) is 1. The van der Waals surface area contributed by atoms with E-state index in [4.69, 9.17) is 5.84 Å². The Kier molecular flexibility index (Phi) is 9.30. The molecule has 2 rings (SSSR count). The monoisotopic (exact) mass is 441 g/mol. The highest BCUT2D eigenvalue weighted by molar-refractivity contribution is 5.93. The number of phenols is 1. The van der Waals surface area contributed by atoms with E-state index in [9.17, 15) is 24.6 Å². The van der Waals surface area contributed by atoms with Crippen LogP contribution in [0.2, 0.25) is 0 Å². The number of unbranched alkanes of at least 4 members (excludes halogenated alkanes) is 2. The number of aromatic hydroxyl groups is 1. The molecule has 10 nitrogen and oxygen atoms in total. The molecule has 0 aliphatic heterocycles. The maximum absolute atomic E-state index is 12.5. The van der Waals surface area contributed by atoms with E-state index < -0.39 is 11.9 Å². The van der Waals surface area contributed by atoms with Gasteiger partial charge in [0.05, 0.1) is 17.2 Å². The Bertz CT molecular complexity index is 992. The van der Waals surface area contributed by atoms with Crippen LogP contribution in [-0.2, 0) is 9.59 Å². The van der Waals surface area contributed by atoms with Crippen molar-refractivity contribution < 1.29 is 24.6 Å². The fourth-order valence-corrected chi connectivity index (χ4v) is 2.97. The molecule has 0 heterocycles. The number of amides is 2. The third-order valence-corrected chi connectivity index (χ3v) is 4.82. The predicted molar refractivity (Wildman–Crippen MR) is 118 cm³/mol. The Hall–Kier alpha value is -3.79. The molecule has 1 atom stereocenters. The van der Waals surface area contributed by atoms with Crippen molar-refractivity contribution in [2.45, 2.75) is 38.5 Å². The number of azo groups is 1. The summed E-state index contributed by atoms with van der Waals surface area (Å²) in [7, 11) is 0. The lowest BCUT2D eigenvalue weighted by molar-refractivity contribution is -0.122. The van der Waals surface area contributed by atoms with E-state index in [2.05, 4.69) is 21.0 Å². The van der Waals surface area contributed by atoms with E-state index in [-0.39, 0.29) is 28.8 Å². The molecule has 6 N–H and O–H groups in total. The number of carbonyl (C=O) groups excluding carboxylic acids is 2. The lowest BCUT2D eigenvalue weighted by atomic mass is 9.98. The topological polar surface area (TPSA) is 166 Å². The molecule has 10 heteroatoms. The number of carboxylic acid groups (broad SMARTS) is 1. The third-order valence-electron chi connectivity index (χ3n) is 4.82. The Morgan fingerprint density at radius 2 is 1.81 bits per heavy atom. The number of hydrogen-bond donors (Lipinski definition) is 5. The number of nitrogens with zero attached hydrogens (tertiary/aromatic N) is 2. The molecule has 1 unspecified atom stereocenters. The van der Waals surface area contributed by atoms with Gasteiger partial charge < -0.3 is 15.5 Å². The van der Waals surface area contributed by atoms with Crippen LogP contribution in [0.5, 0.6) is 5.75 Å². The summed E-state index contributed by atoms with van der Waals surface area (Å²) < 4.78 is 0. The minimum atomic E-state index is -1.11. The summed E-state index contributed by atoms with van der Waals surface area (Å²) in [6.45, 7) is 2.11. The Morgan fingerprint density at radius 3 is 2.53 bits per heavy atom. The molecule has 0 bridgehead atoms. The highest BCUT2D eigenvalue weighted by Gasteiger charge is 2.19. The number of benzene rings is 2. The fourth-order valence-electron chi connectivity index (χ4n) is 2.97. The van der Waals surface area contributed by atoms with E-state index in [1.807, 2.05) is 0 Å². The van der Waals surface area contributed by atoms with Crippen molar-refractivity contribution in [1.29, 1.82) is 0 Å². The number of nitrogens with one attached hydrogen (secondary N) is 2. The number of hydrazine groups is 1. The van der Waals surface area contributed by atoms with Crippen LogP contribution in [0, 0.1) is 0 Å². The molecule has 2 amide bonds. The van der Waals surface area contributed by atoms with Gasteiger partial charge in [-0.25, -0.2) is 10.6 Å². The smallest absolute Gasteiger partial charge is 0.337 e. The molecule has 0 aromatic heterocycles. The zero-order chi connectivity index (χ0) is 23.5. The molecular weight excluding hydrogens is 414 g/mol. The highest BCUT2D eigenvalue weighted by Crippen LogP contribution is 2.31. The molecule has 2 aromatic rings. The van der Waals surface area contributed by atoms with Gasteiger partial charge in [0.15, 0.2) is 0 Å². The van der Waals surface area contributed by atoms with E-state index in [0.29, 0.717) is 37.1 Å². The lowest BCUT2D eigenvalue weighted by Gasteiger charge is -2.14. The molecular formula is C22H27N5O5. The van der Waals surface area contributed by atoms with E-state index in [0.717, 1.165) is 6.42 Å². The van der Waals surface area contributed by atoms with Crippen LogP contribution in [0.25, 0.3) is 0 Å². The van der Waals surface area contributed by atoms with Gasteiger partial charge in [0, 0.05) is 18.5 Å². The molecule has 0 fully saturated rings. The van der Waals surface area contributed by atoms with Gasteiger partial charge in [-0.2, -0.15) is 5.11 Å². The largest absolute Gasteiger partial charge is 0.508 e. The Morgan fingerprint density at radius 1 is 1.06 bits per heavy atom. The maximum Gasteiger partial charge on any atom is 0.337 e. The molecule has 32 heavy (non-hydrogen) atoms. The summed E-state index contributed by atoms with van der Waals surface area (Å²) in [5.74, 6) is 2.74. The van der Waals surface area contributed by atoms with Crippen molar-refractivity contribution in [3.05, 3.63) is 53.6 Å². The number of carboxylic acids is 1. The number of hydrogen-bond acceptors (Lipinski definition) is 7. The van der Waals surface area contributed by atoms with Crippen LogP contribution in [-0.4, -0.2) is 34.5 Å². The first-order valence-electron chi connectivity index (χ1n) is 10.2. The van der Waals surface area contributed by atoms with Gasteiger partial charge in [0.25, 0.3) is 0 Å². The van der Waals surface area contributed by atoms with Crippen LogP contribution in [0.4, 0.5) is 11.4 Å². The second-order valence-electron chi connectivity index (χ2n) is 7.16. The van der Waals surface area contributed by atoms with E-state index >= 15 is 0 Å². The van der Waals surface area contributed by atoms with Crippen molar-refractivity contribution in [2.24, 2.45) is 16.1 Å². The normalized spacial score (nSPS) is 11.8. The first-order chi connectivity index (χ1) is 15.3. The SMILES string of the molecule is CC(C(=O)NCCCCCC(=O)NN)c1cc(N=Nc2ccccc2C(=O)O)ccc1O. The van der Waals surface area contributed by atoms with Crippen molar-refractivity contribution in [3.8, 4) is 5.75 Å². The highest BCUT2D eigenvalue weighted by atomic mass is 16.4. The van der Waals surface area contributed by atoms with Crippen LogP contribution >= 0.6 is 0 Å². The van der Waals surface area contributed by atoms with Crippen LogP contribution in [0.3, 0.4) is 0 Å². The van der Waals surface area contributed by atoms with Crippen molar-refractivity contribution in [2.75, 3.05) is 6.54 Å². The fraction of sp³-hybridized carbons (Fsp3) is 0.318. The molecule has 0 aliphatic rings. The summed E-state index contributed by atoms with van der Waals surface area (Å²) in [6.07, 6.45) is 2.49. The summed E-state index contributed by atoms with van der Waals surface area (Å²) in [5, 5.41) is 30.3. The van der Waals surface area contributed by atoms with E-state index in [1.54, 1.807) is 19.1 Å². The Labute approximate surface area is 185 Å². The van der Waals surface area contributed by atoms with Crippen molar-refractivity contribution in [3.63, 3.8) is 0 Å². The number of phenolic OH excluding ortho intramolecular Hbond substituents is 1. The minimum Gasteiger partial charge on any atom is -0.508 e. The van der Waals surface area contributed by atoms with Gasteiger partial charge in [-0.1, -0.05) is 18.6 Å². The van der Waals surface area contributed by atoms with Gasteiger partial charge >= 0.3 is 5.97 Å². The standard InChI is InChI=1S/C22H27N5O5/c1-14(21(30)24-12-6-2-3-9-20(29)25-23)17-13-15(10-11-19(17)28)26-27-18-8-5-4-7-16(18)22(31)32/h4-5,7-8,10-11,13-14,28H,2-3,6,9,12,23H2,1H3,(H,24,30)(H,25,29)(H,31,32). The van der Waals surface area contributed by atoms with Gasteiger partial charge in [0.1, 0.15) is 11.4 Å². The second-order valence-corrected chi connectivity index (χ2v) is 7.16. The van der Waals surface area contributed by atoms with Crippen LogP contribution < -0.4 is 16.6 Å². The third kappa shape index (κ3) is 7.17. The van der Waals surface area contributed by atoms with Gasteiger partial charge in [0.2, 0.25) is 11.8 Å². The van der Waals surface area contributed by atoms with E-state index in [1.165, 1.54) is 30.3 Å². The Balaban J connectivity index is 1.98. The van der Waals surface area contributed by atoms with Crippen molar-refractivity contribution in [1.82, 2.24) is 10.7 Å². The first kappa shape index (κ1) is 24.5. The molecule has 170 valence electrons. The molecule has 0 saturated carbocycles. The number of aromatic carboxylic acids is 1. The maximum atomic E-state index is 12.5. The zero-order valence-corrected chi connectivity index (χ0v) is 17.7. The molecule has 2 aromatic carbocycles. The van der Waals surface area contributed by atoms with Gasteiger partial charge in [-0.3, -0.25) is 15.0 Å². The summed E-state index contributed by atoms with van der Waals surface area (Å²) in [6, 6.07) is 10.7. The summed E-state index contributed by atoms with van der Waals surface area (Å²) in [4.78, 5) is 34.8. The second kappa shape index (κ2) is 12.2. The van der Waals surface area contributed by atoms with Crippen LogP contribution in [0.1, 0.15) is 54.4 Å². The average molecular weight is 441 g/mol. The molecule has 0 aliphatic carbocycles. The minimum absolute atomic E-state index is 0.0201. The summed E-state index contributed by atoms with van der Waals surface area (Å²) >= 11 is 0. The zero-order valence-electron chi connectivity index (χ0n) is 17.7. The van der Waals surface area contributed by atoms with Crippen LogP contribution in [0.15, 0.2) is 52.7 Å². The molecule has 0 spiro atoms. The van der Waals surface area contributed by atoms with Crippen molar-refractivity contribution >= 4 is 29.2 Å². The summed E-state index contributed by atoms with van der Waals surface area (Å²) in [5.41, 5.74) is 3.04. The number of rotatable bonds is 11. The number of carbonyl (C=O) groups is 3. The van der Waals surface area contributed by atoms with Gasteiger partial charge in [-0.15, -0.1) is 5.11 Å². The van der Waals surface area contributed by atoms with Gasteiger partial charge in [-0.05, 0) is 50.1 Å².